The Morgan fingerprint density at radius 3 is 2.74 bits per heavy atom. The molecule has 1 amide bonds. The van der Waals surface area contributed by atoms with Crippen molar-refractivity contribution >= 4 is 11.9 Å². The summed E-state index contributed by atoms with van der Waals surface area (Å²) in [6.07, 6.45) is 4.19. The molecule has 6 heteroatoms. The van der Waals surface area contributed by atoms with Crippen molar-refractivity contribution in [3.05, 3.63) is 24.5 Å². The molecule has 0 saturated carbocycles. The predicted molar refractivity (Wildman–Crippen MR) is 66.7 cm³/mol. The first-order chi connectivity index (χ1) is 9.16. The van der Waals surface area contributed by atoms with Crippen molar-refractivity contribution in [1.29, 1.82) is 0 Å². The van der Waals surface area contributed by atoms with Crippen molar-refractivity contribution < 1.29 is 19.4 Å². The van der Waals surface area contributed by atoms with Crippen LogP contribution in [0, 0.1) is 5.92 Å². The third-order valence-corrected chi connectivity index (χ3v) is 3.19. The maximum atomic E-state index is 11.9. The first kappa shape index (κ1) is 13.3. The van der Waals surface area contributed by atoms with Crippen molar-refractivity contribution in [2.45, 2.75) is 12.8 Å². The molecular formula is C13H16N2O4. The first-order valence-corrected chi connectivity index (χ1v) is 6.20. The van der Waals surface area contributed by atoms with E-state index in [9.17, 15) is 9.59 Å². The summed E-state index contributed by atoms with van der Waals surface area (Å²) in [6, 6.07) is 3.47. The Morgan fingerprint density at radius 1 is 1.42 bits per heavy atom. The molecule has 102 valence electrons. The number of carboxylic acid groups (broad SMARTS) is 1. The largest absolute Gasteiger partial charge is 0.482 e. The van der Waals surface area contributed by atoms with Crippen LogP contribution in [0.25, 0.3) is 0 Å². The molecule has 1 aromatic rings. The van der Waals surface area contributed by atoms with E-state index in [1.165, 1.54) is 0 Å². The number of aromatic nitrogens is 1. The van der Waals surface area contributed by atoms with Crippen LogP contribution in [-0.4, -0.2) is 46.6 Å². The molecule has 6 nitrogen and oxygen atoms in total. The van der Waals surface area contributed by atoms with E-state index in [4.69, 9.17) is 9.84 Å². The van der Waals surface area contributed by atoms with Gasteiger partial charge in [0.15, 0.2) is 6.61 Å². The Balaban J connectivity index is 1.77. The van der Waals surface area contributed by atoms with E-state index in [0.29, 0.717) is 31.7 Å². The van der Waals surface area contributed by atoms with Crippen LogP contribution in [0.1, 0.15) is 12.8 Å². The molecule has 1 N–H and O–H groups in total. The lowest BCUT2D eigenvalue weighted by atomic mass is 9.97. The Hall–Kier alpha value is -2.11. The highest BCUT2D eigenvalue weighted by Gasteiger charge is 2.26. The van der Waals surface area contributed by atoms with Crippen LogP contribution in [0.2, 0.25) is 0 Å². The zero-order valence-corrected chi connectivity index (χ0v) is 10.5. The number of ether oxygens (including phenoxy) is 1. The maximum Gasteiger partial charge on any atom is 0.306 e. The second-order valence-electron chi connectivity index (χ2n) is 4.47. The van der Waals surface area contributed by atoms with Gasteiger partial charge in [0.25, 0.3) is 5.91 Å². The van der Waals surface area contributed by atoms with Gasteiger partial charge in [-0.1, -0.05) is 0 Å². The van der Waals surface area contributed by atoms with Gasteiger partial charge in [-0.25, -0.2) is 0 Å². The highest BCUT2D eigenvalue weighted by molar-refractivity contribution is 5.78. The third kappa shape index (κ3) is 3.67. The molecule has 0 radical (unpaired) electrons. The molecule has 1 aliphatic rings. The first-order valence-electron chi connectivity index (χ1n) is 6.20. The second kappa shape index (κ2) is 6.17. The Morgan fingerprint density at radius 2 is 2.16 bits per heavy atom. The van der Waals surface area contributed by atoms with E-state index < -0.39 is 5.97 Å². The summed E-state index contributed by atoms with van der Waals surface area (Å²) >= 11 is 0. The summed E-state index contributed by atoms with van der Waals surface area (Å²) in [5.74, 6) is -0.675. The molecule has 0 atom stereocenters. The lowest BCUT2D eigenvalue weighted by Gasteiger charge is -2.30. The molecule has 1 aromatic heterocycles. The summed E-state index contributed by atoms with van der Waals surface area (Å²) < 4.78 is 5.33. The van der Waals surface area contributed by atoms with E-state index in [1.54, 1.807) is 29.4 Å². The minimum absolute atomic E-state index is 0.0383. The number of nitrogens with zero attached hydrogens (tertiary/aromatic N) is 2. The number of aliphatic carboxylic acids is 1. The summed E-state index contributed by atoms with van der Waals surface area (Å²) in [5, 5.41) is 8.88. The van der Waals surface area contributed by atoms with Gasteiger partial charge in [-0.2, -0.15) is 0 Å². The van der Waals surface area contributed by atoms with Crippen LogP contribution in [0.3, 0.4) is 0 Å². The van der Waals surface area contributed by atoms with E-state index >= 15 is 0 Å². The van der Waals surface area contributed by atoms with Crippen molar-refractivity contribution in [3.63, 3.8) is 0 Å². The van der Waals surface area contributed by atoms with Crippen LogP contribution in [-0.2, 0) is 9.59 Å². The van der Waals surface area contributed by atoms with Crippen molar-refractivity contribution in [2.24, 2.45) is 5.92 Å². The number of pyridine rings is 1. The van der Waals surface area contributed by atoms with Gasteiger partial charge in [0.1, 0.15) is 5.75 Å². The monoisotopic (exact) mass is 264 g/mol. The van der Waals surface area contributed by atoms with Gasteiger partial charge in [0, 0.05) is 19.3 Å². The van der Waals surface area contributed by atoms with E-state index in [2.05, 4.69) is 4.98 Å². The zero-order valence-electron chi connectivity index (χ0n) is 10.5. The number of carboxylic acids is 1. The summed E-state index contributed by atoms with van der Waals surface area (Å²) in [5.41, 5.74) is 0. The molecule has 2 heterocycles. The second-order valence-corrected chi connectivity index (χ2v) is 4.47. The number of carbonyl (C=O) groups is 2. The Labute approximate surface area is 111 Å². The molecule has 0 spiro atoms. The lowest BCUT2D eigenvalue weighted by molar-refractivity contribution is -0.146. The quantitative estimate of drug-likeness (QED) is 0.869. The van der Waals surface area contributed by atoms with Crippen molar-refractivity contribution in [1.82, 2.24) is 9.88 Å². The number of rotatable bonds is 4. The highest BCUT2D eigenvalue weighted by Crippen LogP contribution is 2.17. The van der Waals surface area contributed by atoms with Gasteiger partial charge in [0.05, 0.1) is 12.1 Å². The van der Waals surface area contributed by atoms with Gasteiger partial charge < -0.3 is 14.7 Å². The van der Waals surface area contributed by atoms with Crippen LogP contribution >= 0.6 is 0 Å². The van der Waals surface area contributed by atoms with E-state index in [0.717, 1.165) is 0 Å². The lowest BCUT2D eigenvalue weighted by Crippen LogP contribution is -2.42. The van der Waals surface area contributed by atoms with E-state index in [-0.39, 0.29) is 18.4 Å². The zero-order chi connectivity index (χ0) is 13.7. The van der Waals surface area contributed by atoms with Crippen LogP contribution in [0.4, 0.5) is 0 Å². The summed E-state index contributed by atoms with van der Waals surface area (Å²) in [6.45, 7) is 0.918. The van der Waals surface area contributed by atoms with Crippen LogP contribution in [0.5, 0.6) is 5.75 Å². The predicted octanol–water partition coefficient (Wildman–Crippen LogP) is 0.784. The number of carbonyl (C=O) groups excluding carboxylic acids is 1. The number of likely N-dealkylation sites (tertiary alicyclic amines) is 1. The normalized spacial score (nSPS) is 16.1. The Bertz CT molecular complexity index is 441. The molecule has 1 aliphatic heterocycles. The fourth-order valence-corrected chi connectivity index (χ4v) is 2.04. The minimum atomic E-state index is -0.779. The highest BCUT2D eigenvalue weighted by atomic mass is 16.5. The molecule has 1 fully saturated rings. The van der Waals surface area contributed by atoms with Gasteiger partial charge in [-0.05, 0) is 25.0 Å². The van der Waals surface area contributed by atoms with Gasteiger partial charge in [0.2, 0.25) is 0 Å². The van der Waals surface area contributed by atoms with E-state index in [1.807, 2.05) is 0 Å². The molecule has 0 aliphatic carbocycles. The molecule has 19 heavy (non-hydrogen) atoms. The average molecular weight is 264 g/mol. The number of piperidine rings is 1. The third-order valence-electron chi connectivity index (χ3n) is 3.19. The number of hydrogen-bond acceptors (Lipinski definition) is 4. The fraction of sp³-hybridized carbons (Fsp3) is 0.462. The fourth-order valence-electron chi connectivity index (χ4n) is 2.04. The van der Waals surface area contributed by atoms with Gasteiger partial charge in [-0.15, -0.1) is 0 Å². The molecule has 2 rings (SSSR count). The van der Waals surface area contributed by atoms with Crippen molar-refractivity contribution in [2.75, 3.05) is 19.7 Å². The Kier molecular flexibility index (Phi) is 4.33. The molecule has 0 bridgehead atoms. The van der Waals surface area contributed by atoms with Crippen molar-refractivity contribution in [3.8, 4) is 5.75 Å². The summed E-state index contributed by atoms with van der Waals surface area (Å²) in [7, 11) is 0. The van der Waals surface area contributed by atoms with Gasteiger partial charge in [-0.3, -0.25) is 14.6 Å². The maximum absolute atomic E-state index is 11.9. The minimum Gasteiger partial charge on any atom is -0.482 e. The number of amides is 1. The standard InChI is InChI=1S/C13H16N2O4/c16-12(9-19-11-2-1-5-14-8-11)15-6-3-10(4-7-15)13(17)18/h1-2,5,8,10H,3-4,6-7,9H2,(H,17,18). The molecule has 0 unspecified atom stereocenters. The van der Waals surface area contributed by atoms with Gasteiger partial charge >= 0.3 is 5.97 Å². The smallest absolute Gasteiger partial charge is 0.306 e. The number of hydrogen-bond donors (Lipinski definition) is 1. The molecule has 0 aromatic carbocycles. The summed E-state index contributed by atoms with van der Waals surface area (Å²) in [4.78, 5) is 28.2. The van der Waals surface area contributed by atoms with Crippen LogP contribution in [0.15, 0.2) is 24.5 Å². The SMILES string of the molecule is O=C(O)C1CCN(C(=O)COc2cccnc2)CC1. The topological polar surface area (TPSA) is 79.7 Å². The average Bonchev–Trinajstić information content (AvgIpc) is 2.46. The molecular weight excluding hydrogens is 248 g/mol. The molecule has 1 saturated heterocycles. The van der Waals surface area contributed by atoms with Crippen LogP contribution < -0.4 is 4.74 Å².